The van der Waals surface area contributed by atoms with Gasteiger partial charge >= 0.3 is 5.00 Å². The Kier molecular flexibility index (Phi) is 5.96. The molecule has 1 aliphatic heterocycles. The van der Waals surface area contributed by atoms with Gasteiger partial charge < -0.3 is 10.1 Å². The molecule has 2 heterocycles. The SMILES string of the molecule is COc1ccc(NC(=O)c2ccc([N+](=O)[O-])s2)cc1S(=O)(=O)N1CCCCC1. The predicted octanol–water partition coefficient (Wildman–Crippen LogP) is 3.09. The highest BCUT2D eigenvalue weighted by atomic mass is 32.2. The van der Waals surface area contributed by atoms with Gasteiger partial charge in [-0.15, -0.1) is 0 Å². The molecule has 0 spiro atoms. The van der Waals surface area contributed by atoms with Gasteiger partial charge in [0.15, 0.2) is 0 Å². The Morgan fingerprint density at radius 2 is 1.93 bits per heavy atom. The first-order valence-electron chi connectivity index (χ1n) is 8.56. The molecular weight excluding hydrogens is 406 g/mol. The van der Waals surface area contributed by atoms with E-state index in [1.165, 1.54) is 41.7 Å². The molecule has 0 bridgehead atoms. The first kappa shape index (κ1) is 20.2. The first-order valence-corrected chi connectivity index (χ1v) is 10.8. The summed E-state index contributed by atoms with van der Waals surface area (Å²) in [5.74, 6) is -0.361. The number of piperidine rings is 1. The van der Waals surface area contributed by atoms with Gasteiger partial charge in [-0.25, -0.2) is 8.42 Å². The van der Waals surface area contributed by atoms with Gasteiger partial charge in [-0.05, 0) is 37.1 Å². The van der Waals surface area contributed by atoms with Crippen LogP contribution in [-0.4, -0.2) is 43.8 Å². The van der Waals surface area contributed by atoms with Crippen LogP contribution in [0, 0.1) is 10.1 Å². The molecule has 1 aliphatic rings. The van der Waals surface area contributed by atoms with Crippen molar-refractivity contribution in [3.8, 4) is 5.75 Å². The van der Waals surface area contributed by atoms with Gasteiger partial charge in [0.2, 0.25) is 10.0 Å². The molecule has 11 heteroatoms. The lowest BCUT2D eigenvalue weighted by Gasteiger charge is -2.26. The lowest BCUT2D eigenvalue weighted by Crippen LogP contribution is -2.35. The van der Waals surface area contributed by atoms with Crippen molar-refractivity contribution in [2.75, 3.05) is 25.5 Å². The standard InChI is InChI=1S/C17H19N3O6S2/c1-26-13-6-5-12(18-17(21)14-7-8-16(27-14)20(22)23)11-15(13)28(24,25)19-9-3-2-4-10-19/h5-8,11H,2-4,9-10H2,1H3,(H,18,21). The van der Waals surface area contributed by atoms with E-state index in [1.54, 1.807) is 0 Å². The molecular formula is C17H19N3O6S2. The van der Waals surface area contributed by atoms with Crippen molar-refractivity contribution < 1.29 is 22.9 Å². The number of sulfonamides is 1. The number of thiophene rings is 1. The molecule has 0 unspecified atom stereocenters. The van der Waals surface area contributed by atoms with Crippen molar-refractivity contribution in [3.05, 3.63) is 45.3 Å². The number of nitro groups is 1. The average Bonchev–Trinajstić information content (AvgIpc) is 3.19. The number of anilines is 1. The van der Waals surface area contributed by atoms with Crippen LogP contribution in [0.25, 0.3) is 0 Å². The summed E-state index contributed by atoms with van der Waals surface area (Å²) < 4.78 is 32.7. The number of hydrogen-bond donors (Lipinski definition) is 1. The second kappa shape index (κ2) is 8.25. The van der Waals surface area contributed by atoms with Crippen LogP contribution in [0.5, 0.6) is 5.75 Å². The summed E-state index contributed by atoms with van der Waals surface area (Å²) in [4.78, 5) is 22.7. The Morgan fingerprint density at radius 1 is 1.21 bits per heavy atom. The molecule has 0 atom stereocenters. The zero-order valence-corrected chi connectivity index (χ0v) is 16.7. The number of amides is 1. The number of rotatable bonds is 6. The molecule has 150 valence electrons. The fraction of sp³-hybridized carbons (Fsp3) is 0.353. The lowest BCUT2D eigenvalue weighted by molar-refractivity contribution is -0.380. The number of nitrogens with zero attached hydrogens (tertiary/aromatic N) is 2. The van der Waals surface area contributed by atoms with Crippen LogP contribution in [0.4, 0.5) is 10.7 Å². The number of nitrogens with one attached hydrogen (secondary N) is 1. The van der Waals surface area contributed by atoms with Gasteiger partial charge in [-0.3, -0.25) is 14.9 Å². The Labute approximate surface area is 166 Å². The molecule has 0 aliphatic carbocycles. The zero-order chi connectivity index (χ0) is 20.3. The van der Waals surface area contributed by atoms with E-state index in [2.05, 4.69) is 5.32 Å². The Bertz CT molecular complexity index is 996. The molecule has 3 rings (SSSR count). The minimum atomic E-state index is -3.76. The minimum Gasteiger partial charge on any atom is -0.495 e. The maximum Gasteiger partial charge on any atom is 0.324 e. The van der Waals surface area contributed by atoms with Crippen LogP contribution in [0.1, 0.15) is 28.9 Å². The fourth-order valence-corrected chi connectivity index (χ4v) is 5.36. The van der Waals surface area contributed by atoms with E-state index in [0.717, 1.165) is 30.6 Å². The topological polar surface area (TPSA) is 119 Å². The van der Waals surface area contributed by atoms with Gasteiger partial charge in [0.25, 0.3) is 5.91 Å². The van der Waals surface area contributed by atoms with Crippen LogP contribution in [0.15, 0.2) is 35.2 Å². The number of benzene rings is 1. The van der Waals surface area contributed by atoms with Crippen molar-refractivity contribution >= 4 is 38.0 Å². The molecule has 2 aromatic rings. The van der Waals surface area contributed by atoms with Crippen molar-refractivity contribution in [1.82, 2.24) is 4.31 Å². The summed E-state index contributed by atoms with van der Waals surface area (Å²) in [7, 11) is -2.38. The third-order valence-corrected chi connectivity index (χ3v) is 7.31. The van der Waals surface area contributed by atoms with Crippen molar-refractivity contribution in [2.45, 2.75) is 24.2 Å². The molecule has 0 saturated carbocycles. The summed E-state index contributed by atoms with van der Waals surface area (Å²) >= 11 is 0.746. The molecule has 1 saturated heterocycles. The zero-order valence-electron chi connectivity index (χ0n) is 15.1. The molecule has 9 nitrogen and oxygen atoms in total. The predicted molar refractivity (Wildman–Crippen MR) is 105 cm³/mol. The number of ether oxygens (including phenoxy) is 1. The number of carbonyl (C=O) groups excluding carboxylic acids is 1. The summed E-state index contributed by atoms with van der Waals surface area (Å²) in [6.45, 7) is 0.891. The number of methoxy groups -OCH3 is 1. The van der Waals surface area contributed by atoms with Gasteiger partial charge in [-0.2, -0.15) is 4.31 Å². The quantitative estimate of drug-likeness (QED) is 0.561. The van der Waals surface area contributed by atoms with E-state index in [4.69, 9.17) is 4.74 Å². The summed E-state index contributed by atoms with van der Waals surface area (Å²) in [5, 5.41) is 13.2. The van der Waals surface area contributed by atoms with Crippen LogP contribution < -0.4 is 10.1 Å². The first-order chi connectivity index (χ1) is 13.3. The highest BCUT2D eigenvalue weighted by molar-refractivity contribution is 7.89. The van der Waals surface area contributed by atoms with Crippen LogP contribution in [0.3, 0.4) is 0 Å². The second-order valence-corrected chi connectivity index (χ2v) is 9.15. The lowest BCUT2D eigenvalue weighted by atomic mass is 10.2. The third-order valence-electron chi connectivity index (χ3n) is 4.35. The van der Waals surface area contributed by atoms with E-state index in [0.29, 0.717) is 13.1 Å². The average molecular weight is 425 g/mol. The fourth-order valence-electron chi connectivity index (χ4n) is 2.94. The maximum absolute atomic E-state index is 13.0. The van der Waals surface area contributed by atoms with E-state index in [1.807, 2.05) is 0 Å². The van der Waals surface area contributed by atoms with Gasteiger partial charge in [-0.1, -0.05) is 17.8 Å². The van der Waals surface area contributed by atoms with E-state index in [-0.39, 0.29) is 26.2 Å². The molecule has 1 aromatic heterocycles. The third kappa shape index (κ3) is 4.16. The molecule has 1 amide bonds. The van der Waals surface area contributed by atoms with Crippen LogP contribution in [-0.2, 0) is 10.0 Å². The van der Waals surface area contributed by atoms with E-state index in [9.17, 15) is 23.3 Å². The largest absolute Gasteiger partial charge is 0.495 e. The van der Waals surface area contributed by atoms with Gasteiger partial charge in [0, 0.05) is 24.8 Å². The summed E-state index contributed by atoms with van der Waals surface area (Å²) in [5.41, 5.74) is 0.262. The maximum atomic E-state index is 13.0. The van der Waals surface area contributed by atoms with Crippen LogP contribution in [0.2, 0.25) is 0 Å². The molecule has 28 heavy (non-hydrogen) atoms. The second-order valence-electron chi connectivity index (χ2n) is 6.18. The highest BCUT2D eigenvalue weighted by Crippen LogP contribution is 2.32. The van der Waals surface area contributed by atoms with Gasteiger partial charge in [0.05, 0.1) is 16.9 Å². The Balaban J connectivity index is 1.87. The molecule has 1 aromatic carbocycles. The Morgan fingerprint density at radius 3 is 2.54 bits per heavy atom. The van der Waals surface area contributed by atoms with Gasteiger partial charge in [0.1, 0.15) is 10.6 Å². The normalized spacial score (nSPS) is 15.2. The number of carbonyl (C=O) groups is 1. The molecule has 1 N–H and O–H groups in total. The smallest absolute Gasteiger partial charge is 0.324 e. The minimum absolute atomic E-state index is 0.0214. The monoisotopic (exact) mass is 425 g/mol. The van der Waals surface area contributed by atoms with Crippen LogP contribution >= 0.6 is 11.3 Å². The highest BCUT2D eigenvalue weighted by Gasteiger charge is 2.29. The van der Waals surface area contributed by atoms with Crippen molar-refractivity contribution in [2.24, 2.45) is 0 Å². The number of hydrogen-bond acceptors (Lipinski definition) is 7. The summed E-state index contributed by atoms with van der Waals surface area (Å²) in [6, 6.07) is 6.95. The van der Waals surface area contributed by atoms with E-state index < -0.39 is 20.9 Å². The molecule has 0 radical (unpaired) electrons. The van der Waals surface area contributed by atoms with Crippen molar-refractivity contribution in [1.29, 1.82) is 0 Å². The molecule has 1 fully saturated rings. The Hall–Kier alpha value is -2.50. The van der Waals surface area contributed by atoms with E-state index >= 15 is 0 Å². The summed E-state index contributed by atoms with van der Waals surface area (Å²) in [6.07, 6.45) is 2.59. The van der Waals surface area contributed by atoms with Crippen molar-refractivity contribution in [3.63, 3.8) is 0 Å².